The molecule has 0 saturated carbocycles. The Bertz CT molecular complexity index is 3510. The van der Waals surface area contributed by atoms with Gasteiger partial charge in [0.25, 0.3) is 0 Å². The lowest BCUT2D eigenvalue weighted by Crippen LogP contribution is -2.36. The zero-order valence-electron chi connectivity index (χ0n) is 45.9. The Morgan fingerprint density at radius 3 is 1.31 bits per heavy atom. The van der Waals surface area contributed by atoms with Crippen LogP contribution in [0.1, 0.15) is 151 Å². The van der Waals surface area contributed by atoms with Gasteiger partial charge in [-0.05, 0) is 146 Å². The summed E-state index contributed by atoms with van der Waals surface area (Å²) in [6, 6.07) is 70.3. The maximum absolute atomic E-state index is 7.42. The van der Waals surface area contributed by atoms with E-state index in [1.54, 1.807) is 0 Å². The summed E-state index contributed by atoms with van der Waals surface area (Å²) in [6.45, 7) is 27.5. The molecule has 4 heteroatoms. The lowest BCUT2D eigenvalue weighted by atomic mass is 9.63. The minimum Gasteiger partial charge on any atom is -0.457 e. The molecule has 8 aromatic carbocycles. The van der Waals surface area contributed by atoms with Crippen molar-refractivity contribution in [2.75, 3.05) is 9.80 Å². The molecule has 1 aromatic heterocycles. The summed E-state index contributed by atoms with van der Waals surface area (Å²) in [6.07, 6.45) is 0.715. The van der Waals surface area contributed by atoms with E-state index < -0.39 is 5.41 Å². The predicted octanol–water partition coefficient (Wildman–Crippen LogP) is 19.6. The van der Waals surface area contributed by atoms with Crippen molar-refractivity contribution >= 4 is 45.0 Å². The van der Waals surface area contributed by atoms with E-state index in [9.17, 15) is 0 Å². The van der Waals surface area contributed by atoms with Crippen molar-refractivity contribution in [2.24, 2.45) is 0 Å². The van der Waals surface area contributed by atoms with E-state index in [4.69, 9.17) is 9.15 Å². The maximum Gasteiger partial charge on any atom is 0.141 e. The second-order valence-electron chi connectivity index (χ2n) is 25.4. The summed E-state index contributed by atoms with van der Waals surface area (Å²) >= 11 is 0. The van der Waals surface area contributed by atoms with Crippen molar-refractivity contribution in [3.8, 4) is 11.5 Å². The van der Waals surface area contributed by atoms with Crippen LogP contribution in [0.4, 0.5) is 28.4 Å². The Labute approximate surface area is 445 Å². The average molecular weight is 983 g/mol. The highest BCUT2D eigenvalue weighted by Gasteiger charge is 2.56. The number of nitrogens with zero attached hydrogens (tertiary/aromatic N) is 2. The lowest BCUT2D eigenvalue weighted by Gasteiger charge is -2.44. The second-order valence-corrected chi connectivity index (χ2v) is 25.4. The number of benzene rings is 8. The van der Waals surface area contributed by atoms with E-state index >= 15 is 0 Å². The van der Waals surface area contributed by atoms with Crippen molar-refractivity contribution in [1.29, 1.82) is 0 Å². The van der Waals surface area contributed by atoms with E-state index in [0.29, 0.717) is 6.42 Å². The normalized spacial score (nSPS) is 15.7. The van der Waals surface area contributed by atoms with Gasteiger partial charge < -0.3 is 19.0 Å². The average Bonchev–Trinajstić information content (AvgIpc) is 3.95. The number of hydrogen-bond donors (Lipinski definition) is 0. The highest BCUT2D eigenvalue weighted by Crippen LogP contribution is 2.67. The van der Waals surface area contributed by atoms with Crippen molar-refractivity contribution in [1.82, 2.24) is 0 Å². The van der Waals surface area contributed by atoms with Gasteiger partial charge in [0.05, 0.1) is 11.5 Å². The summed E-state index contributed by atoms with van der Waals surface area (Å²) in [4.78, 5) is 5.05. The Hall–Kier alpha value is -7.56. The van der Waals surface area contributed by atoms with Crippen LogP contribution in [-0.2, 0) is 27.1 Å². The van der Waals surface area contributed by atoms with Crippen LogP contribution >= 0.6 is 0 Å². The van der Waals surface area contributed by atoms with Gasteiger partial charge in [-0.1, -0.05) is 192 Å². The van der Waals surface area contributed by atoms with E-state index in [1.165, 1.54) is 50.1 Å². The number of furan rings is 1. The van der Waals surface area contributed by atoms with Gasteiger partial charge in [-0.2, -0.15) is 0 Å². The number of ether oxygens (including phenoxy) is 1. The van der Waals surface area contributed by atoms with Crippen molar-refractivity contribution in [3.63, 3.8) is 0 Å². The first-order valence-corrected chi connectivity index (χ1v) is 27.0. The molecule has 12 rings (SSSR count). The highest BCUT2D eigenvalue weighted by molar-refractivity contribution is 6.01. The molecule has 1 spiro atoms. The van der Waals surface area contributed by atoms with E-state index in [-0.39, 0.29) is 27.7 Å². The minimum absolute atomic E-state index is 0.00221. The van der Waals surface area contributed by atoms with E-state index in [0.717, 1.165) is 67.8 Å². The van der Waals surface area contributed by atoms with Crippen LogP contribution in [0.2, 0.25) is 0 Å². The molecule has 376 valence electrons. The number of rotatable bonds is 6. The van der Waals surface area contributed by atoms with Crippen LogP contribution in [0.3, 0.4) is 0 Å². The monoisotopic (exact) mass is 983 g/mol. The van der Waals surface area contributed by atoms with Crippen LogP contribution in [0.25, 0.3) is 16.5 Å². The fraction of sp³-hybridized carbons (Fsp3) is 0.268. The molecule has 1 unspecified atom stereocenters. The third kappa shape index (κ3) is 7.94. The van der Waals surface area contributed by atoms with Crippen LogP contribution < -0.4 is 14.5 Å². The molecule has 4 nitrogen and oxygen atoms in total. The van der Waals surface area contributed by atoms with Gasteiger partial charge in [0.2, 0.25) is 0 Å². The zero-order chi connectivity index (χ0) is 52.4. The largest absolute Gasteiger partial charge is 0.457 e. The molecule has 0 fully saturated rings. The van der Waals surface area contributed by atoms with Gasteiger partial charge in [0.15, 0.2) is 0 Å². The zero-order valence-corrected chi connectivity index (χ0v) is 45.9. The Morgan fingerprint density at radius 1 is 0.427 bits per heavy atom. The van der Waals surface area contributed by atoms with Crippen LogP contribution in [0.15, 0.2) is 198 Å². The Kier molecular flexibility index (Phi) is 11.1. The second kappa shape index (κ2) is 17.2. The number of para-hydroxylation sites is 3. The first-order valence-electron chi connectivity index (χ1n) is 27.0. The van der Waals surface area contributed by atoms with E-state index in [1.807, 2.05) is 0 Å². The minimum atomic E-state index is -0.753. The lowest BCUT2D eigenvalue weighted by molar-refractivity contribution is 0.429. The van der Waals surface area contributed by atoms with Crippen molar-refractivity contribution in [2.45, 2.75) is 123 Å². The standard InChI is InChI=1S/C71H70N2O2/c1-67(2,3)45-25-33-49(34-26-45)72(50-35-27-46(28-36-50)68(4,5)6)53-41-42-54-58(43-53)71(56-20-14-17-23-62(56)74-63-24-18-15-21-57(63)71)59-44-60(65-55-19-13-16-22-61(55)75-66(65)64(54)59)73(51-37-29-47(30-38-51)69(7,8)9)52-39-31-48(32-40-52)70(10,11)12/h13-43,60H,44H2,1-12H3. The molecule has 0 bridgehead atoms. The number of hydrogen-bond acceptors (Lipinski definition) is 4. The Balaban J connectivity index is 1.14. The summed E-state index contributed by atoms with van der Waals surface area (Å²) < 4.78 is 14.4. The van der Waals surface area contributed by atoms with Gasteiger partial charge in [0.1, 0.15) is 22.8 Å². The first-order chi connectivity index (χ1) is 35.7. The molecule has 2 aliphatic carbocycles. The molecule has 0 radical (unpaired) electrons. The van der Waals surface area contributed by atoms with E-state index in [2.05, 4.69) is 281 Å². The summed E-state index contributed by atoms with van der Waals surface area (Å²) in [5.74, 6) is 2.67. The van der Waals surface area contributed by atoms with Crippen LogP contribution in [0.5, 0.6) is 11.5 Å². The SMILES string of the molecule is CC(C)(C)c1ccc(N(c2ccc(C(C)(C)C)cc2)c2ccc3c(c2)C2(C4=C3c3oc5ccccc5c3C(N(c3ccc(C(C)(C)C)cc3)c3ccc(C(C)(C)C)cc3)C4)c3ccccc3Oc3ccccc32)cc1. The van der Waals surface area contributed by atoms with Gasteiger partial charge in [-0.3, -0.25) is 0 Å². The molecule has 0 N–H and O–H groups in total. The van der Waals surface area contributed by atoms with Gasteiger partial charge in [0, 0.05) is 56.1 Å². The smallest absolute Gasteiger partial charge is 0.141 e. The first kappa shape index (κ1) is 48.4. The Morgan fingerprint density at radius 2 is 0.840 bits per heavy atom. The highest BCUT2D eigenvalue weighted by atomic mass is 16.5. The molecule has 9 aromatic rings. The predicted molar refractivity (Wildman–Crippen MR) is 313 cm³/mol. The third-order valence-electron chi connectivity index (χ3n) is 16.4. The summed E-state index contributed by atoms with van der Waals surface area (Å²) in [7, 11) is 0. The topological polar surface area (TPSA) is 28.9 Å². The molecular formula is C71H70N2O2. The summed E-state index contributed by atoms with van der Waals surface area (Å²) in [5, 5.41) is 1.14. The molecule has 2 heterocycles. The van der Waals surface area contributed by atoms with Gasteiger partial charge in [-0.15, -0.1) is 0 Å². The van der Waals surface area contributed by atoms with Crippen LogP contribution in [-0.4, -0.2) is 0 Å². The molecule has 1 atom stereocenters. The van der Waals surface area contributed by atoms with Crippen molar-refractivity contribution < 1.29 is 9.15 Å². The van der Waals surface area contributed by atoms with Gasteiger partial charge in [-0.25, -0.2) is 0 Å². The molecule has 75 heavy (non-hydrogen) atoms. The number of anilines is 5. The van der Waals surface area contributed by atoms with Crippen molar-refractivity contribution in [3.05, 3.63) is 249 Å². The third-order valence-corrected chi connectivity index (χ3v) is 16.4. The molecule has 0 saturated heterocycles. The van der Waals surface area contributed by atoms with Crippen LogP contribution in [0, 0.1) is 0 Å². The fourth-order valence-electron chi connectivity index (χ4n) is 12.4. The summed E-state index contributed by atoms with van der Waals surface area (Å²) in [5.41, 5.74) is 19.3. The van der Waals surface area contributed by atoms with Gasteiger partial charge >= 0.3 is 0 Å². The molecule has 1 aliphatic heterocycles. The molecule has 0 amide bonds. The number of fused-ring (bicyclic) bond motifs is 12. The quantitative estimate of drug-likeness (QED) is 0.166. The fourth-order valence-corrected chi connectivity index (χ4v) is 12.4. The molecular weight excluding hydrogens is 913 g/mol. The molecule has 3 aliphatic rings. The maximum atomic E-state index is 7.42.